The van der Waals surface area contributed by atoms with E-state index < -0.39 is 23.7 Å². The fourth-order valence-electron chi connectivity index (χ4n) is 4.67. The SMILES string of the molecule is CCn1ncc(C)c1-c1csc(C(=O)N[C@@H](Cc2cccc(F)c2)CN2C(=O)c3ccccc3C2=O)c1. The Kier molecular flexibility index (Phi) is 6.71. The minimum Gasteiger partial charge on any atom is -0.346 e. The van der Waals surface area contributed by atoms with E-state index >= 15 is 0 Å². The Labute approximate surface area is 217 Å². The van der Waals surface area contributed by atoms with Gasteiger partial charge in [0.15, 0.2) is 0 Å². The van der Waals surface area contributed by atoms with Gasteiger partial charge in [0.05, 0.1) is 33.9 Å². The number of hydrogen-bond acceptors (Lipinski definition) is 5. The number of amides is 3. The zero-order valence-corrected chi connectivity index (χ0v) is 21.2. The van der Waals surface area contributed by atoms with Crippen LogP contribution in [0.5, 0.6) is 0 Å². The molecule has 2 aromatic heterocycles. The van der Waals surface area contributed by atoms with Gasteiger partial charge in [-0.1, -0.05) is 24.3 Å². The molecule has 5 rings (SSSR count). The molecule has 1 N–H and O–H groups in total. The Balaban J connectivity index is 1.39. The molecule has 0 spiro atoms. The van der Waals surface area contributed by atoms with Crippen molar-refractivity contribution in [2.24, 2.45) is 0 Å². The number of fused-ring (bicyclic) bond motifs is 1. The van der Waals surface area contributed by atoms with Crippen LogP contribution in [0.25, 0.3) is 11.3 Å². The van der Waals surface area contributed by atoms with Gasteiger partial charge in [-0.2, -0.15) is 5.10 Å². The molecule has 3 heterocycles. The molecule has 1 aliphatic heterocycles. The number of thiophene rings is 1. The smallest absolute Gasteiger partial charge is 0.261 e. The first-order valence-electron chi connectivity index (χ1n) is 12.0. The zero-order valence-electron chi connectivity index (χ0n) is 20.4. The van der Waals surface area contributed by atoms with E-state index in [0.29, 0.717) is 28.1 Å². The molecule has 0 radical (unpaired) electrons. The number of halogens is 1. The molecule has 1 aliphatic rings. The summed E-state index contributed by atoms with van der Waals surface area (Å²) in [6.07, 6.45) is 2.05. The molecular formula is C28H25FN4O3S. The van der Waals surface area contributed by atoms with Crippen molar-refractivity contribution in [2.75, 3.05) is 6.54 Å². The number of nitrogens with zero attached hydrogens (tertiary/aromatic N) is 3. The van der Waals surface area contributed by atoms with Crippen molar-refractivity contribution in [3.8, 4) is 11.3 Å². The molecular weight excluding hydrogens is 491 g/mol. The predicted octanol–water partition coefficient (Wildman–Crippen LogP) is 4.72. The third-order valence-electron chi connectivity index (χ3n) is 6.41. The number of aromatic nitrogens is 2. The first-order valence-corrected chi connectivity index (χ1v) is 12.9. The second-order valence-electron chi connectivity index (χ2n) is 8.96. The van der Waals surface area contributed by atoms with E-state index in [1.165, 1.54) is 23.5 Å². The van der Waals surface area contributed by atoms with Crippen molar-refractivity contribution in [3.63, 3.8) is 0 Å². The van der Waals surface area contributed by atoms with Crippen LogP contribution in [0.1, 0.15) is 48.4 Å². The minimum atomic E-state index is -0.620. The molecule has 2 aromatic carbocycles. The molecule has 9 heteroatoms. The number of hydrogen-bond donors (Lipinski definition) is 1. The van der Waals surface area contributed by atoms with Crippen LogP contribution in [0.3, 0.4) is 0 Å². The molecule has 1 atom stereocenters. The average molecular weight is 517 g/mol. The lowest BCUT2D eigenvalue weighted by Crippen LogP contribution is -2.46. The van der Waals surface area contributed by atoms with Crippen LogP contribution in [0.4, 0.5) is 4.39 Å². The van der Waals surface area contributed by atoms with Gasteiger partial charge >= 0.3 is 0 Å². The highest BCUT2D eigenvalue weighted by atomic mass is 32.1. The fraction of sp³-hybridized carbons (Fsp3) is 0.214. The van der Waals surface area contributed by atoms with Crippen LogP contribution >= 0.6 is 11.3 Å². The maximum absolute atomic E-state index is 13.9. The fourth-order valence-corrected chi connectivity index (χ4v) is 5.46. The third kappa shape index (κ3) is 4.82. The summed E-state index contributed by atoms with van der Waals surface area (Å²) in [5.74, 6) is -1.52. The van der Waals surface area contributed by atoms with E-state index in [1.54, 1.807) is 42.6 Å². The van der Waals surface area contributed by atoms with E-state index in [1.807, 2.05) is 30.0 Å². The Hall–Kier alpha value is -4.11. The van der Waals surface area contributed by atoms with Gasteiger partial charge in [0.25, 0.3) is 17.7 Å². The van der Waals surface area contributed by atoms with Crippen molar-refractivity contribution in [2.45, 2.75) is 32.9 Å². The molecule has 0 bridgehead atoms. The highest BCUT2D eigenvalue weighted by molar-refractivity contribution is 7.12. The molecule has 4 aromatic rings. The zero-order chi connectivity index (χ0) is 26.1. The Bertz CT molecular complexity index is 1470. The quantitative estimate of drug-likeness (QED) is 0.344. The summed E-state index contributed by atoms with van der Waals surface area (Å²) in [7, 11) is 0. The van der Waals surface area contributed by atoms with E-state index in [0.717, 1.165) is 21.7 Å². The Morgan fingerprint density at radius 3 is 2.49 bits per heavy atom. The molecule has 0 unspecified atom stereocenters. The molecule has 0 fully saturated rings. The lowest BCUT2D eigenvalue weighted by atomic mass is 10.0. The van der Waals surface area contributed by atoms with Crippen LogP contribution in [-0.2, 0) is 13.0 Å². The standard InChI is InChI=1S/C28H25FN4O3S/c1-3-33-25(17(2)14-30-33)19-13-24(37-16-19)26(34)31-21(12-18-7-6-8-20(29)11-18)15-32-27(35)22-9-4-5-10-23(22)28(32)36/h4-11,13-14,16,21H,3,12,15H2,1-2H3,(H,31,34)/t21-/m0/s1. The summed E-state index contributed by atoms with van der Waals surface area (Å²) in [5, 5.41) is 9.27. The second kappa shape index (κ2) is 10.1. The summed E-state index contributed by atoms with van der Waals surface area (Å²) in [5.41, 5.74) is 4.20. The van der Waals surface area contributed by atoms with Gasteiger partial charge in [-0.15, -0.1) is 11.3 Å². The lowest BCUT2D eigenvalue weighted by molar-refractivity contribution is 0.0629. The van der Waals surface area contributed by atoms with Crippen molar-refractivity contribution in [1.29, 1.82) is 0 Å². The van der Waals surface area contributed by atoms with Crippen LogP contribution < -0.4 is 5.32 Å². The van der Waals surface area contributed by atoms with Gasteiger partial charge in [-0.25, -0.2) is 4.39 Å². The monoisotopic (exact) mass is 516 g/mol. The Morgan fingerprint density at radius 1 is 1.08 bits per heavy atom. The number of carbonyl (C=O) groups excluding carboxylic acids is 3. The number of nitrogens with one attached hydrogen (secondary N) is 1. The third-order valence-corrected chi connectivity index (χ3v) is 7.34. The summed E-state index contributed by atoms with van der Waals surface area (Å²) in [6.45, 7) is 4.65. The maximum atomic E-state index is 13.9. The molecule has 37 heavy (non-hydrogen) atoms. The molecule has 0 saturated carbocycles. The minimum absolute atomic E-state index is 0.0332. The van der Waals surface area contributed by atoms with Gasteiger partial charge in [0, 0.05) is 24.0 Å². The van der Waals surface area contributed by atoms with E-state index in [-0.39, 0.29) is 18.9 Å². The first-order chi connectivity index (χ1) is 17.9. The van der Waals surface area contributed by atoms with Gasteiger partial charge < -0.3 is 5.32 Å². The van der Waals surface area contributed by atoms with Crippen molar-refractivity contribution >= 4 is 29.1 Å². The number of aryl methyl sites for hydroxylation is 2. The Morgan fingerprint density at radius 2 is 1.81 bits per heavy atom. The largest absolute Gasteiger partial charge is 0.346 e. The summed E-state index contributed by atoms with van der Waals surface area (Å²) in [6, 6.07) is 13.9. The molecule has 3 amide bonds. The number of rotatable bonds is 8. The van der Waals surface area contributed by atoms with E-state index in [9.17, 15) is 18.8 Å². The summed E-state index contributed by atoms with van der Waals surface area (Å²) in [4.78, 5) is 40.9. The van der Waals surface area contributed by atoms with E-state index in [2.05, 4.69) is 10.4 Å². The van der Waals surface area contributed by atoms with E-state index in [4.69, 9.17) is 0 Å². The highest BCUT2D eigenvalue weighted by Crippen LogP contribution is 2.29. The highest BCUT2D eigenvalue weighted by Gasteiger charge is 2.36. The maximum Gasteiger partial charge on any atom is 0.261 e. The van der Waals surface area contributed by atoms with Gasteiger partial charge in [-0.3, -0.25) is 24.0 Å². The van der Waals surface area contributed by atoms with Gasteiger partial charge in [0.2, 0.25) is 0 Å². The normalized spacial score (nSPS) is 13.6. The summed E-state index contributed by atoms with van der Waals surface area (Å²) < 4.78 is 15.8. The number of carbonyl (C=O) groups is 3. The molecule has 0 saturated heterocycles. The molecule has 7 nitrogen and oxygen atoms in total. The predicted molar refractivity (Wildman–Crippen MR) is 139 cm³/mol. The van der Waals surface area contributed by atoms with Crippen LogP contribution in [0.2, 0.25) is 0 Å². The second-order valence-corrected chi connectivity index (χ2v) is 9.87. The first kappa shape index (κ1) is 24.6. The average Bonchev–Trinajstić information content (AvgIpc) is 3.57. The summed E-state index contributed by atoms with van der Waals surface area (Å²) >= 11 is 1.31. The van der Waals surface area contributed by atoms with Crippen molar-refractivity contribution < 1.29 is 18.8 Å². The van der Waals surface area contributed by atoms with Crippen LogP contribution in [0, 0.1) is 12.7 Å². The topological polar surface area (TPSA) is 84.3 Å². The van der Waals surface area contributed by atoms with Crippen molar-refractivity contribution in [1.82, 2.24) is 20.0 Å². The molecule has 188 valence electrons. The van der Waals surface area contributed by atoms with Gasteiger partial charge in [0.1, 0.15) is 5.82 Å². The van der Waals surface area contributed by atoms with Crippen LogP contribution in [0.15, 0.2) is 66.2 Å². The van der Waals surface area contributed by atoms with Crippen LogP contribution in [-0.4, -0.2) is 45.0 Å². The molecule has 0 aliphatic carbocycles. The van der Waals surface area contributed by atoms with Crippen molar-refractivity contribution in [3.05, 3.63) is 99.1 Å². The number of imide groups is 1. The number of benzene rings is 2. The van der Waals surface area contributed by atoms with Gasteiger partial charge in [-0.05, 0) is 61.7 Å². The lowest BCUT2D eigenvalue weighted by Gasteiger charge is -2.24.